The van der Waals surface area contributed by atoms with Crippen LogP contribution in [0.1, 0.15) is 43.5 Å². The molecule has 5 rings (SSSR count). The van der Waals surface area contributed by atoms with E-state index in [1.54, 1.807) is 12.3 Å². The smallest absolute Gasteiger partial charge is 0.224 e. The van der Waals surface area contributed by atoms with Crippen molar-refractivity contribution in [3.05, 3.63) is 78.2 Å². The highest BCUT2D eigenvalue weighted by Crippen LogP contribution is 2.30. The van der Waals surface area contributed by atoms with Crippen molar-refractivity contribution < 1.29 is 9.59 Å². The number of rotatable bonds is 9. The number of carbonyl (C=O) groups is 2. The average molecular weight is 540 g/mol. The summed E-state index contributed by atoms with van der Waals surface area (Å²) >= 11 is 0. The molecule has 4 aromatic rings. The zero-order valence-corrected chi connectivity index (χ0v) is 22.9. The predicted octanol–water partition coefficient (Wildman–Crippen LogP) is 3.48. The van der Waals surface area contributed by atoms with Crippen LogP contribution in [0, 0.1) is 0 Å². The summed E-state index contributed by atoms with van der Waals surface area (Å²) in [5.41, 5.74) is 17.3. The molecule has 2 aromatic heterocycles. The van der Waals surface area contributed by atoms with Crippen LogP contribution in [0.15, 0.2) is 66.9 Å². The highest BCUT2D eigenvalue weighted by molar-refractivity contribution is 5.78. The molecule has 0 radical (unpaired) electrons. The first-order valence-electron chi connectivity index (χ1n) is 13.9. The van der Waals surface area contributed by atoms with Gasteiger partial charge in [0.1, 0.15) is 11.6 Å². The van der Waals surface area contributed by atoms with Gasteiger partial charge in [-0.1, -0.05) is 36.4 Å². The number of nitrogens with zero attached hydrogens (tertiary/aromatic N) is 4. The molecule has 5 N–H and O–H groups in total. The number of aromatic nitrogens is 3. The van der Waals surface area contributed by atoms with Crippen molar-refractivity contribution in [2.24, 2.45) is 5.73 Å². The molecule has 0 spiro atoms. The molecule has 1 fully saturated rings. The summed E-state index contributed by atoms with van der Waals surface area (Å²) in [6.07, 6.45) is 4.58. The van der Waals surface area contributed by atoms with Crippen LogP contribution in [0.4, 0.5) is 5.82 Å². The van der Waals surface area contributed by atoms with E-state index in [0.717, 1.165) is 52.9 Å². The number of anilines is 1. The van der Waals surface area contributed by atoms with Crippen LogP contribution < -0.4 is 16.8 Å². The van der Waals surface area contributed by atoms with Gasteiger partial charge in [-0.05, 0) is 54.7 Å². The van der Waals surface area contributed by atoms with Crippen molar-refractivity contribution in [1.29, 1.82) is 0 Å². The molecule has 40 heavy (non-hydrogen) atoms. The molecule has 3 heterocycles. The van der Waals surface area contributed by atoms with E-state index in [-0.39, 0.29) is 23.8 Å². The Kier molecular flexibility index (Phi) is 8.40. The van der Waals surface area contributed by atoms with Crippen LogP contribution >= 0.6 is 0 Å². The second kappa shape index (κ2) is 12.3. The maximum absolute atomic E-state index is 13.3. The lowest BCUT2D eigenvalue weighted by Gasteiger charge is -2.33. The Morgan fingerprint density at radius 2 is 1.85 bits per heavy atom. The number of fused-ring (bicyclic) bond motifs is 1. The Morgan fingerprint density at radius 1 is 1.07 bits per heavy atom. The molecule has 0 aliphatic carbocycles. The van der Waals surface area contributed by atoms with Gasteiger partial charge in [0.15, 0.2) is 0 Å². The number of hydrogen-bond donors (Lipinski definition) is 3. The molecular formula is C31H37N7O2. The zero-order valence-electron chi connectivity index (χ0n) is 22.9. The number of nitrogen functional groups attached to an aromatic ring is 1. The SMILES string of the molecule is CC(=O)NCCn1c([C@@H]2CCCN(C(=O)C[C@H](N)Cc3ccc(-c4ccc(N)nc4)cc3)C2)nc2ccccc21. The second-order valence-electron chi connectivity index (χ2n) is 10.6. The van der Waals surface area contributed by atoms with Crippen LogP contribution in [-0.4, -0.2) is 56.9 Å². The number of imidazole rings is 1. The van der Waals surface area contributed by atoms with Gasteiger partial charge in [0, 0.05) is 63.2 Å². The van der Waals surface area contributed by atoms with Crippen molar-refractivity contribution in [1.82, 2.24) is 24.8 Å². The lowest BCUT2D eigenvalue weighted by molar-refractivity contribution is -0.132. The standard InChI is InChI=1S/C31H37N7O2/c1-21(39)34-14-16-38-28-7-3-2-6-27(28)36-31(38)25-5-4-15-37(20-25)30(40)18-26(32)17-22-8-10-23(11-9-22)24-12-13-29(33)35-19-24/h2-3,6-13,19,25-26H,4-5,14-18,20,32H2,1H3,(H2,33,35)(H,34,39)/t25-,26-/m1/s1. The molecule has 1 aliphatic rings. The number of piperidine rings is 1. The van der Waals surface area contributed by atoms with Gasteiger partial charge in [0.25, 0.3) is 0 Å². The van der Waals surface area contributed by atoms with E-state index in [1.807, 2.05) is 41.3 Å². The first-order chi connectivity index (χ1) is 19.4. The van der Waals surface area contributed by atoms with Crippen molar-refractivity contribution in [2.45, 2.75) is 51.1 Å². The summed E-state index contributed by atoms with van der Waals surface area (Å²) in [6.45, 7) is 4.05. The normalized spacial score (nSPS) is 16.1. The van der Waals surface area contributed by atoms with E-state index >= 15 is 0 Å². The fraction of sp³-hybridized carbons (Fsp3) is 0.355. The van der Waals surface area contributed by atoms with Gasteiger partial charge in [-0.15, -0.1) is 0 Å². The van der Waals surface area contributed by atoms with Crippen LogP contribution in [0.2, 0.25) is 0 Å². The van der Waals surface area contributed by atoms with E-state index < -0.39 is 0 Å². The van der Waals surface area contributed by atoms with Crippen LogP contribution in [0.5, 0.6) is 0 Å². The molecule has 1 saturated heterocycles. The Labute approximate surface area is 234 Å². The molecule has 0 bridgehead atoms. The number of benzene rings is 2. The van der Waals surface area contributed by atoms with E-state index in [1.165, 1.54) is 6.92 Å². The average Bonchev–Trinajstić information content (AvgIpc) is 3.32. The fourth-order valence-electron chi connectivity index (χ4n) is 5.54. The predicted molar refractivity (Wildman–Crippen MR) is 157 cm³/mol. The first-order valence-corrected chi connectivity index (χ1v) is 13.9. The van der Waals surface area contributed by atoms with Crippen molar-refractivity contribution in [3.63, 3.8) is 0 Å². The summed E-state index contributed by atoms with van der Waals surface area (Å²) in [4.78, 5) is 35.8. The molecule has 2 atom stereocenters. The van der Waals surface area contributed by atoms with Crippen LogP contribution in [0.3, 0.4) is 0 Å². The highest BCUT2D eigenvalue weighted by atomic mass is 16.2. The third kappa shape index (κ3) is 6.48. The first kappa shape index (κ1) is 27.3. The number of hydrogen-bond acceptors (Lipinski definition) is 6. The Balaban J connectivity index is 1.21. The Hall–Kier alpha value is -4.24. The quantitative estimate of drug-likeness (QED) is 0.298. The van der Waals surface area contributed by atoms with E-state index in [0.29, 0.717) is 38.3 Å². The second-order valence-corrected chi connectivity index (χ2v) is 10.6. The number of likely N-dealkylation sites (tertiary alicyclic amines) is 1. The minimum absolute atomic E-state index is 0.0493. The van der Waals surface area contributed by atoms with E-state index in [4.69, 9.17) is 16.5 Å². The minimum Gasteiger partial charge on any atom is -0.384 e. The number of carbonyl (C=O) groups excluding carboxylic acids is 2. The number of nitrogens with two attached hydrogens (primary N) is 2. The lowest BCUT2D eigenvalue weighted by Crippen LogP contribution is -2.42. The van der Waals surface area contributed by atoms with Gasteiger partial charge in [-0.2, -0.15) is 0 Å². The number of nitrogens with one attached hydrogen (secondary N) is 1. The summed E-state index contributed by atoms with van der Waals surface area (Å²) in [5, 5.41) is 2.89. The van der Waals surface area contributed by atoms with Gasteiger partial charge in [0.2, 0.25) is 11.8 Å². The molecule has 9 heteroatoms. The van der Waals surface area contributed by atoms with Gasteiger partial charge in [0.05, 0.1) is 11.0 Å². The molecule has 0 saturated carbocycles. The van der Waals surface area contributed by atoms with Gasteiger partial charge in [-0.25, -0.2) is 9.97 Å². The molecule has 9 nitrogen and oxygen atoms in total. The minimum atomic E-state index is -0.265. The van der Waals surface area contributed by atoms with Crippen molar-refractivity contribution >= 4 is 28.7 Å². The number of amides is 2. The summed E-state index contributed by atoms with van der Waals surface area (Å²) < 4.78 is 2.19. The third-order valence-corrected chi connectivity index (χ3v) is 7.54. The number of para-hydroxylation sites is 2. The molecule has 1 aliphatic heterocycles. The number of pyridine rings is 1. The molecule has 208 valence electrons. The van der Waals surface area contributed by atoms with Crippen molar-refractivity contribution in [2.75, 3.05) is 25.4 Å². The zero-order chi connectivity index (χ0) is 28.1. The maximum atomic E-state index is 13.3. The molecular weight excluding hydrogens is 502 g/mol. The monoisotopic (exact) mass is 539 g/mol. The molecule has 2 aromatic carbocycles. The fourth-order valence-corrected chi connectivity index (χ4v) is 5.54. The van der Waals surface area contributed by atoms with Crippen molar-refractivity contribution in [3.8, 4) is 11.1 Å². The summed E-state index contributed by atoms with van der Waals surface area (Å²) in [6, 6.07) is 19.7. The molecule has 0 unspecified atom stereocenters. The topological polar surface area (TPSA) is 132 Å². The third-order valence-electron chi connectivity index (χ3n) is 7.54. The largest absolute Gasteiger partial charge is 0.384 e. The van der Waals surface area contributed by atoms with Gasteiger partial charge in [-0.3, -0.25) is 9.59 Å². The van der Waals surface area contributed by atoms with E-state index in [2.05, 4.69) is 33.1 Å². The van der Waals surface area contributed by atoms with Crippen LogP contribution in [-0.2, 0) is 22.6 Å². The lowest BCUT2D eigenvalue weighted by atomic mass is 9.95. The maximum Gasteiger partial charge on any atom is 0.224 e. The summed E-state index contributed by atoms with van der Waals surface area (Å²) in [7, 11) is 0. The Bertz CT molecular complexity index is 1460. The summed E-state index contributed by atoms with van der Waals surface area (Å²) in [5.74, 6) is 1.64. The Morgan fingerprint density at radius 3 is 2.60 bits per heavy atom. The van der Waals surface area contributed by atoms with Gasteiger partial charge >= 0.3 is 0 Å². The van der Waals surface area contributed by atoms with Crippen LogP contribution in [0.25, 0.3) is 22.2 Å². The van der Waals surface area contributed by atoms with Gasteiger partial charge < -0.3 is 26.3 Å². The molecule has 2 amide bonds. The highest BCUT2D eigenvalue weighted by Gasteiger charge is 2.29. The van der Waals surface area contributed by atoms with E-state index in [9.17, 15) is 9.59 Å².